The number of rotatable bonds is 2. The predicted molar refractivity (Wildman–Crippen MR) is 84.4 cm³/mol. The van der Waals surface area contributed by atoms with Crippen molar-refractivity contribution in [2.45, 2.75) is 39.8 Å². The van der Waals surface area contributed by atoms with Crippen molar-refractivity contribution in [2.24, 2.45) is 0 Å². The Morgan fingerprint density at radius 2 is 1.95 bits per heavy atom. The van der Waals surface area contributed by atoms with Crippen LogP contribution in [0, 0.1) is 6.92 Å². The first-order valence-corrected chi connectivity index (χ1v) is 6.93. The van der Waals surface area contributed by atoms with Gasteiger partial charge in [-0.1, -0.05) is 11.6 Å². The number of aryl methyl sites for hydroxylation is 1. The predicted octanol–water partition coefficient (Wildman–Crippen LogP) is 2.43. The van der Waals surface area contributed by atoms with Crippen LogP contribution in [0.2, 0.25) is 0 Å². The number of hydrogen-bond acceptors (Lipinski definition) is 2. The fraction of sp³-hybridized carbons (Fsp3) is 0.375. The summed E-state index contributed by atoms with van der Waals surface area (Å²) in [4.78, 5) is 26.5. The quantitative estimate of drug-likeness (QED) is 0.793. The van der Waals surface area contributed by atoms with E-state index >= 15 is 0 Å². The van der Waals surface area contributed by atoms with Gasteiger partial charge in [0.2, 0.25) is 0 Å². The monoisotopic (exact) mass is 287 g/mol. The lowest BCUT2D eigenvalue weighted by atomic mass is 10.1. The highest BCUT2D eigenvalue weighted by Gasteiger charge is 2.13. The molecule has 21 heavy (non-hydrogen) atoms. The van der Waals surface area contributed by atoms with E-state index in [4.69, 9.17) is 0 Å². The first-order valence-electron chi connectivity index (χ1n) is 6.93. The zero-order valence-electron chi connectivity index (χ0n) is 12.8. The molecule has 0 aliphatic heterocycles. The zero-order chi connectivity index (χ0) is 15.6. The fourth-order valence-electron chi connectivity index (χ4n) is 2.06. The lowest BCUT2D eigenvalue weighted by molar-refractivity contribution is 0.231. The number of hydrogen-bond donors (Lipinski definition) is 3. The van der Waals surface area contributed by atoms with Crippen LogP contribution in [0.5, 0.6) is 0 Å². The average Bonchev–Trinajstić information content (AvgIpc) is 2.34. The SMILES string of the molecule is Cc1ccc2[nH]c(=O)c(CNC(=O)NC(C)(C)C)cc2c1. The summed E-state index contributed by atoms with van der Waals surface area (Å²) in [7, 11) is 0. The lowest BCUT2D eigenvalue weighted by Gasteiger charge is -2.20. The molecule has 0 radical (unpaired) electrons. The number of aromatic amines is 1. The van der Waals surface area contributed by atoms with Gasteiger partial charge in [-0.2, -0.15) is 0 Å². The van der Waals surface area contributed by atoms with Crippen LogP contribution < -0.4 is 16.2 Å². The summed E-state index contributed by atoms with van der Waals surface area (Å²) >= 11 is 0. The second kappa shape index (κ2) is 5.60. The first-order chi connectivity index (χ1) is 9.74. The Kier molecular flexibility index (Phi) is 4.02. The van der Waals surface area contributed by atoms with Crippen LogP contribution >= 0.6 is 0 Å². The molecular formula is C16H21N3O2. The highest BCUT2D eigenvalue weighted by Crippen LogP contribution is 2.13. The number of carbonyl (C=O) groups excluding carboxylic acids is 1. The molecule has 0 saturated heterocycles. The summed E-state index contributed by atoms with van der Waals surface area (Å²) in [5.41, 5.74) is 1.98. The Bertz CT molecular complexity index is 726. The largest absolute Gasteiger partial charge is 0.334 e. The van der Waals surface area contributed by atoms with Crippen molar-refractivity contribution < 1.29 is 4.79 Å². The molecule has 0 aliphatic carbocycles. The summed E-state index contributed by atoms with van der Waals surface area (Å²) in [6.45, 7) is 7.90. The molecule has 1 aromatic carbocycles. The number of amides is 2. The molecular weight excluding hydrogens is 266 g/mol. The smallest absolute Gasteiger partial charge is 0.315 e. The summed E-state index contributed by atoms with van der Waals surface area (Å²) in [5, 5.41) is 6.46. The first kappa shape index (κ1) is 15.1. The van der Waals surface area contributed by atoms with Crippen molar-refractivity contribution in [1.82, 2.24) is 15.6 Å². The number of benzene rings is 1. The van der Waals surface area contributed by atoms with Gasteiger partial charge < -0.3 is 15.6 Å². The molecule has 5 heteroatoms. The number of urea groups is 1. The van der Waals surface area contributed by atoms with Gasteiger partial charge in [0.05, 0.1) is 0 Å². The normalized spacial score (nSPS) is 11.4. The Morgan fingerprint density at radius 3 is 2.62 bits per heavy atom. The number of nitrogens with one attached hydrogen (secondary N) is 3. The molecule has 1 heterocycles. The highest BCUT2D eigenvalue weighted by atomic mass is 16.2. The van der Waals surface area contributed by atoms with Crippen molar-refractivity contribution in [3.05, 3.63) is 45.7 Å². The van der Waals surface area contributed by atoms with Crippen LogP contribution in [-0.2, 0) is 6.54 Å². The van der Waals surface area contributed by atoms with Crippen molar-refractivity contribution in [2.75, 3.05) is 0 Å². The Balaban J connectivity index is 2.17. The van der Waals surface area contributed by atoms with E-state index in [9.17, 15) is 9.59 Å². The van der Waals surface area contributed by atoms with E-state index in [1.165, 1.54) is 0 Å². The van der Waals surface area contributed by atoms with Gasteiger partial charge in [-0.25, -0.2) is 4.79 Å². The van der Waals surface area contributed by atoms with Gasteiger partial charge in [-0.05, 0) is 51.3 Å². The highest BCUT2D eigenvalue weighted by molar-refractivity contribution is 5.80. The van der Waals surface area contributed by atoms with E-state index in [0.29, 0.717) is 5.56 Å². The standard InChI is InChI=1S/C16H21N3O2/c1-10-5-6-13-11(7-10)8-12(14(20)18-13)9-17-15(21)19-16(2,3)4/h5-8H,9H2,1-4H3,(H,18,20)(H2,17,19,21). The summed E-state index contributed by atoms with van der Waals surface area (Å²) < 4.78 is 0. The van der Waals surface area contributed by atoms with Crippen LogP contribution in [-0.4, -0.2) is 16.6 Å². The maximum Gasteiger partial charge on any atom is 0.315 e. The second-order valence-corrected chi connectivity index (χ2v) is 6.27. The van der Waals surface area contributed by atoms with Crippen LogP contribution in [0.3, 0.4) is 0 Å². The minimum atomic E-state index is -0.309. The average molecular weight is 287 g/mol. The van der Waals surface area contributed by atoms with Gasteiger partial charge in [0.25, 0.3) is 5.56 Å². The minimum Gasteiger partial charge on any atom is -0.334 e. The third-order valence-corrected chi connectivity index (χ3v) is 3.00. The van der Waals surface area contributed by atoms with Crippen molar-refractivity contribution in [3.63, 3.8) is 0 Å². The molecule has 5 nitrogen and oxygen atoms in total. The topological polar surface area (TPSA) is 74.0 Å². The van der Waals surface area contributed by atoms with E-state index in [2.05, 4.69) is 15.6 Å². The number of fused-ring (bicyclic) bond motifs is 1. The van der Waals surface area contributed by atoms with Gasteiger partial charge in [0.1, 0.15) is 0 Å². The molecule has 0 unspecified atom stereocenters. The Morgan fingerprint density at radius 1 is 1.24 bits per heavy atom. The van der Waals surface area contributed by atoms with Crippen LogP contribution in [0.15, 0.2) is 29.1 Å². The minimum absolute atomic E-state index is 0.178. The molecule has 0 aliphatic rings. The van der Waals surface area contributed by atoms with Gasteiger partial charge >= 0.3 is 6.03 Å². The van der Waals surface area contributed by atoms with Crippen LogP contribution in [0.25, 0.3) is 10.9 Å². The molecule has 3 N–H and O–H groups in total. The molecule has 0 bridgehead atoms. The van der Waals surface area contributed by atoms with E-state index < -0.39 is 0 Å². The molecule has 2 aromatic rings. The summed E-state index contributed by atoms with van der Waals surface area (Å²) in [6, 6.07) is 7.37. The van der Waals surface area contributed by atoms with Gasteiger partial charge in [-0.15, -0.1) is 0 Å². The zero-order valence-corrected chi connectivity index (χ0v) is 12.8. The maximum atomic E-state index is 12.0. The second-order valence-electron chi connectivity index (χ2n) is 6.27. The molecule has 2 amide bonds. The van der Waals surface area contributed by atoms with Crippen LogP contribution in [0.1, 0.15) is 31.9 Å². The molecule has 2 rings (SSSR count). The Hall–Kier alpha value is -2.30. The third-order valence-electron chi connectivity index (χ3n) is 3.00. The number of aromatic nitrogens is 1. The fourth-order valence-corrected chi connectivity index (χ4v) is 2.06. The van der Waals surface area contributed by atoms with Crippen molar-refractivity contribution in [3.8, 4) is 0 Å². The van der Waals surface area contributed by atoms with E-state index in [-0.39, 0.29) is 23.7 Å². The maximum absolute atomic E-state index is 12.0. The van der Waals surface area contributed by atoms with Crippen molar-refractivity contribution in [1.29, 1.82) is 0 Å². The molecule has 0 fully saturated rings. The van der Waals surface area contributed by atoms with Gasteiger partial charge in [-0.3, -0.25) is 4.79 Å². The van der Waals surface area contributed by atoms with E-state index in [0.717, 1.165) is 16.5 Å². The molecule has 0 atom stereocenters. The lowest BCUT2D eigenvalue weighted by Crippen LogP contribution is -2.46. The number of H-pyrrole nitrogens is 1. The van der Waals surface area contributed by atoms with Gasteiger partial charge in [0, 0.05) is 23.2 Å². The molecule has 0 spiro atoms. The summed E-state index contributed by atoms with van der Waals surface area (Å²) in [5.74, 6) is 0. The van der Waals surface area contributed by atoms with Crippen molar-refractivity contribution >= 4 is 16.9 Å². The van der Waals surface area contributed by atoms with E-state index in [1.807, 2.05) is 52.0 Å². The molecule has 112 valence electrons. The molecule has 0 saturated carbocycles. The Labute approximate surface area is 123 Å². The third kappa shape index (κ3) is 4.08. The molecule has 1 aromatic heterocycles. The van der Waals surface area contributed by atoms with Crippen LogP contribution in [0.4, 0.5) is 4.79 Å². The summed E-state index contributed by atoms with van der Waals surface area (Å²) in [6.07, 6.45) is 0. The number of carbonyl (C=O) groups is 1. The van der Waals surface area contributed by atoms with E-state index in [1.54, 1.807) is 0 Å². The number of pyridine rings is 1. The van der Waals surface area contributed by atoms with Gasteiger partial charge in [0.15, 0.2) is 0 Å².